The van der Waals surface area contributed by atoms with Gasteiger partial charge in [-0.3, -0.25) is 4.79 Å². The summed E-state index contributed by atoms with van der Waals surface area (Å²) >= 11 is 1.79. The Labute approximate surface area is 137 Å². The van der Waals surface area contributed by atoms with E-state index in [1.807, 2.05) is 52.2 Å². The van der Waals surface area contributed by atoms with Crippen LogP contribution in [-0.4, -0.2) is 19.9 Å². The standard InChI is InChI=1S/C19H23NOS/c1-14(2)19(21)16-7-11-18(12-8-16)22-13-15-5-9-17(10-6-15)20(3)4/h5-12,14H,13H2,1-4H3. The van der Waals surface area contributed by atoms with Crippen molar-refractivity contribution in [2.75, 3.05) is 19.0 Å². The van der Waals surface area contributed by atoms with Crippen LogP contribution in [0.3, 0.4) is 0 Å². The van der Waals surface area contributed by atoms with Gasteiger partial charge in [-0.05, 0) is 29.8 Å². The molecule has 2 rings (SSSR count). The molecule has 0 N–H and O–H groups in total. The third-order valence-electron chi connectivity index (χ3n) is 3.52. The molecule has 0 radical (unpaired) electrons. The zero-order valence-corrected chi connectivity index (χ0v) is 14.5. The topological polar surface area (TPSA) is 20.3 Å². The Hall–Kier alpha value is -1.74. The van der Waals surface area contributed by atoms with Gasteiger partial charge in [-0.15, -0.1) is 11.8 Å². The molecule has 0 spiro atoms. The first-order valence-electron chi connectivity index (χ1n) is 7.50. The fourth-order valence-corrected chi connectivity index (χ4v) is 2.96. The molecule has 0 aliphatic carbocycles. The van der Waals surface area contributed by atoms with E-state index in [-0.39, 0.29) is 11.7 Å². The number of nitrogens with zero attached hydrogens (tertiary/aromatic N) is 1. The molecule has 0 fully saturated rings. The monoisotopic (exact) mass is 313 g/mol. The molecule has 0 saturated carbocycles. The smallest absolute Gasteiger partial charge is 0.165 e. The number of carbonyl (C=O) groups is 1. The predicted molar refractivity (Wildman–Crippen MR) is 95.9 cm³/mol. The Kier molecular flexibility index (Phi) is 5.67. The van der Waals surface area contributed by atoms with Gasteiger partial charge < -0.3 is 4.90 Å². The molecule has 0 aliphatic rings. The van der Waals surface area contributed by atoms with Crippen molar-refractivity contribution in [1.82, 2.24) is 0 Å². The molecule has 0 unspecified atom stereocenters. The average molecular weight is 313 g/mol. The second-order valence-corrected chi connectivity index (χ2v) is 6.94. The number of anilines is 1. The minimum atomic E-state index is 0.0497. The van der Waals surface area contributed by atoms with Gasteiger partial charge in [0, 0.05) is 41.9 Å². The summed E-state index contributed by atoms with van der Waals surface area (Å²) in [4.78, 5) is 15.2. The van der Waals surface area contributed by atoms with Crippen molar-refractivity contribution in [2.45, 2.75) is 24.5 Å². The molecule has 0 saturated heterocycles. The van der Waals surface area contributed by atoms with Crippen LogP contribution in [0.4, 0.5) is 5.69 Å². The highest BCUT2D eigenvalue weighted by Gasteiger charge is 2.09. The summed E-state index contributed by atoms with van der Waals surface area (Å²) in [6.45, 7) is 3.87. The van der Waals surface area contributed by atoms with Crippen molar-refractivity contribution < 1.29 is 4.79 Å². The normalized spacial score (nSPS) is 10.8. The Bertz CT molecular complexity index is 615. The van der Waals surface area contributed by atoms with E-state index in [1.165, 1.54) is 16.1 Å². The van der Waals surface area contributed by atoms with Gasteiger partial charge in [0.05, 0.1) is 0 Å². The number of hydrogen-bond acceptors (Lipinski definition) is 3. The molecule has 3 heteroatoms. The molecule has 0 bridgehead atoms. The maximum Gasteiger partial charge on any atom is 0.165 e. The lowest BCUT2D eigenvalue weighted by Gasteiger charge is -2.12. The van der Waals surface area contributed by atoms with E-state index >= 15 is 0 Å². The van der Waals surface area contributed by atoms with Gasteiger partial charge in [-0.1, -0.05) is 38.1 Å². The van der Waals surface area contributed by atoms with Crippen LogP contribution in [0.5, 0.6) is 0 Å². The van der Waals surface area contributed by atoms with Gasteiger partial charge in [0.1, 0.15) is 0 Å². The van der Waals surface area contributed by atoms with Crippen LogP contribution >= 0.6 is 11.8 Å². The van der Waals surface area contributed by atoms with E-state index in [9.17, 15) is 4.79 Å². The summed E-state index contributed by atoms with van der Waals surface area (Å²) in [5.41, 5.74) is 3.32. The van der Waals surface area contributed by atoms with E-state index in [0.717, 1.165) is 11.3 Å². The first-order valence-corrected chi connectivity index (χ1v) is 8.49. The molecular weight excluding hydrogens is 290 g/mol. The molecule has 2 nitrogen and oxygen atoms in total. The molecule has 0 aromatic heterocycles. The minimum absolute atomic E-state index is 0.0497. The molecule has 22 heavy (non-hydrogen) atoms. The SMILES string of the molecule is CC(C)C(=O)c1ccc(SCc2ccc(N(C)C)cc2)cc1. The fraction of sp³-hybridized carbons (Fsp3) is 0.316. The molecule has 0 aliphatic heterocycles. The van der Waals surface area contributed by atoms with Gasteiger partial charge in [0.15, 0.2) is 5.78 Å². The van der Waals surface area contributed by atoms with Crippen molar-refractivity contribution in [3.63, 3.8) is 0 Å². The minimum Gasteiger partial charge on any atom is -0.378 e. The van der Waals surface area contributed by atoms with Gasteiger partial charge in [-0.2, -0.15) is 0 Å². The number of hydrogen-bond donors (Lipinski definition) is 0. The summed E-state index contributed by atoms with van der Waals surface area (Å²) in [5, 5.41) is 0. The zero-order chi connectivity index (χ0) is 16.1. The highest BCUT2D eigenvalue weighted by atomic mass is 32.2. The Morgan fingerprint density at radius 3 is 2.09 bits per heavy atom. The van der Waals surface area contributed by atoms with E-state index in [1.54, 1.807) is 11.8 Å². The van der Waals surface area contributed by atoms with Crippen molar-refractivity contribution in [1.29, 1.82) is 0 Å². The van der Waals surface area contributed by atoms with E-state index in [4.69, 9.17) is 0 Å². The highest BCUT2D eigenvalue weighted by molar-refractivity contribution is 7.98. The lowest BCUT2D eigenvalue weighted by molar-refractivity contribution is 0.0939. The van der Waals surface area contributed by atoms with Gasteiger partial charge >= 0.3 is 0 Å². The summed E-state index contributed by atoms with van der Waals surface area (Å²) in [6.07, 6.45) is 0. The second kappa shape index (κ2) is 7.50. The number of ketones is 1. The third-order valence-corrected chi connectivity index (χ3v) is 4.60. The lowest BCUT2D eigenvalue weighted by atomic mass is 10.0. The van der Waals surface area contributed by atoms with Crippen molar-refractivity contribution in [3.05, 3.63) is 59.7 Å². The van der Waals surface area contributed by atoms with E-state index < -0.39 is 0 Å². The van der Waals surface area contributed by atoms with Crippen LogP contribution in [0, 0.1) is 5.92 Å². The number of carbonyl (C=O) groups excluding carboxylic acids is 1. The van der Waals surface area contributed by atoms with Gasteiger partial charge in [0.2, 0.25) is 0 Å². The second-order valence-electron chi connectivity index (χ2n) is 5.89. The largest absolute Gasteiger partial charge is 0.378 e. The average Bonchev–Trinajstić information content (AvgIpc) is 2.53. The number of thioether (sulfide) groups is 1. The Morgan fingerprint density at radius 2 is 1.59 bits per heavy atom. The van der Waals surface area contributed by atoms with E-state index in [2.05, 4.69) is 29.2 Å². The van der Waals surface area contributed by atoms with Crippen LogP contribution < -0.4 is 4.90 Å². The Morgan fingerprint density at radius 1 is 1.00 bits per heavy atom. The quantitative estimate of drug-likeness (QED) is 0.560. The van der Waals surface area contributed by atoms with Crippen LogP contribution in [0.1, 0.15) is 29.8 Å². The van der Waals surface area contributed by atoms with Crippen LogP contribution in [0.25, 0.3) is 0 Å². The number of rotatable bonds is 6. The first-order chi connectivity index (χ1) is 10.5. The van der Waals surface area contributed by atoms with Crippen molar-refractivity contribution in [3.8, 4) is 0 Å². The summed E-state index contributed by atoms with van der Waals surface area (Å²) in [6, 6.07) is 16.5. The van der Waals surface area contributed by atoms with E-state index in [0.29, 0.717) is 0 Å². The number of Topliss-reactive ketones (excluding diaryl/α,β-unsaturated/α-hetero) is 1. The summed E-state index contributed by atoms with van der Waals surface area (Å²) in [5.74, 6) is 1.19. The predicted octanol–water partition coefficient (Wildman–Crippen LogP) is 4.88. The molecule has 2 aromatic carbocycles. The summed E-state index contributed by atoms with van der Waals surface area (Å²) < 4.78 is 0. The van der Waals surface area contributed by atoms with Gasteiger partial charge in [0.25, 0.3) is 0 Å². The number of benzene rings is 2. The molecular formula is C19H23NOS. The van der Waals surface area contributed by atoms with Crippen molar-refractivity contribution in [2.24, 2.45) is 5.92 Å². The van der Waals surface area contributed by atoms with Crippen LogP contribution in [-0.2, 0) is 5.75 Å². The zero-order valence-electron chi connectivity index (χ0n) is 13.7. The summed E-state index contributed by atoms with van der Waals surface area (Å²) in [7, 11) is 4.09. The third kappa shape index (κ3) is 4.38. The molecule has 116 valence electrons. The fourth-order valence-electron chi connectivity index (χ4n) is 2.11. The molecule has 2 aromatic rings. The van der Waals surface area contributed by atoms with Crippen LogP contribution in [0.2, 0.25) is 0 Å². The van der Waals surface area contributed by atoms with Crippen LogP contribution in [0.15, 0.2) is 53.4 Å². The first kappa shape index (κ1) is 16.6. The Balaban J connectivity index is 1.95. The van der Waals surface area contributed by atoms with Crippen molar-refractivity contribution >= 4 is 23.2 Å². The van der Waals surface area contributed by atoms with Gasteiger partial charge in [-0.25, -0.2) is 0 Å². The maximum atomic E-state index is 11.9. The molecule has 0 atom stereocenters. The maximum absolute atomic E-state index is 11.9. The molecule has 0 heterocycles. The molecule has 0 amide bonds. The lowest BCUT2D eigenvalue weighted by Crippen LogP contribution is -2.08. The highest BCUT2D eigenvalue weighted by Crippen LogP contribution is 2.24.